The summed E-state index contributed by atoms with van der Waals surface area (Å²) in [5.74, 6) is 0.148. The fraction of sp³-hybridized carbons (Fsp3) is 0.333. The summed E-state index contributed by atoms with van der Waals surface area (Å²) in [6, 6.07) is 5.83. The van der Waals surface area contributed by atoms with Crippen molar-refractivity contribution < 1.29 is 19.2 Å². The maximum atomic E-state index is 12.5. The smallest absolute Gasteiger partial charge is 0.355 e. The molecule has 24 heavy (non-hydrogen) atoms. The van der Waals surface area contributed by atoms with Gasteiger partial charge in [-0.3, -0.25) is 19.8 Å². The number of fused-ring (bicyclic) bond motifs is 1. The molecule has 1 aromatic carbocycles. The fourth-order valence-corrected chi connectivity index (χ4v) is 4.76. The van der Waals surface area contributed by atoms with Gasteiger partial charge >= 0.3 is 5.97 Å². The minimum Gasteiger partial charge on any atom is -0.456 e. The first kappa shape index (κ1) is 17.2. The summed E-state index contributed by atoms with van der Waals surface area (Å²) < 4.78 is 5.98. The van der Waals surface area contributed by atoms with Gasteiger partial charge in [0.25, 0.3) is 5.69 Å². The number of nitrogens with zero attached hydrogens (tertiary/aromatic N) is 2. The van der Waals surface area contributed by atoms with Gasteiger partial charge in [0.1, 0.15) is 12.3 Å². The van der Waals surface area contributed by atoms with E-state index in [4.69, 9.17) is 4.74 Å². The number of rotatable bonds is 5. The number of β-lactam (4-membered cyclic amide) rings is 1. The Kier molecular flexibility index (Phi) is 5.09. The van der Waals surface area contributed by atoms with Crippen LogP contribution in [0, 0.1) is 10.1 Å². The van der Waals surface area contributed by atoms with Gasteiger partial charge in [-0.2, -0.15) is 0 Å². The molecule has 0 unspecified atom stereocenters. The third kappa shape index (κ3) is 3.27. The van der Waals surface area contributed by atoms with Crippen molar-refractivity contribution in [2.24, 2.45) is 0 Å². The first-order valence-corrected chi connectivity index (χ1v) is 9.71. The molecule has 0 bridgehead atoms. The van der Waals surface area contributed by atoms with E-state index in [0.717, 1.165) is 11.3 Å². The number of ether oxygens (including phenoxy) is 1. The van der Waals surface area contributed by atoms with Crippen LogP contribution in [0.1, 0.15) is 12.0 Å². The van der Waals surface area contributed by atoms with Crippen LogP contribution in [0.3, 0.4) is 0 Å². The summed E-state index contributed by atoms with van der Waals surface area (Å²) in [6.07, 6.45) is 0.457. The van der Waals surface area contributed by atoms with Crippen LogP contribution in [0.5, 0.6) is 0 Å². The number of benzene rings is 1. The van der Waals surface area contributed by atoms with E-state index >= 15 is 0 Å². The molecule has 126 valence electrons. The molecule has 0 saturated carbocycles. The highest BCUT2D eigenvalue weighted by molar-refractivity contribution is 14.1. The van der Waals surface area contributed by atoms with Gasteiger partial charge in [0, 0.05) is 22.3 Å². The molecule has 2 heterocycles. The van der Waals surface area contributed by atoms with Crippen molar-refractivity contribution in [3.05, 3.63) is 51.2 Å². The van der Waals surface area contributed by atoms with Gasteiger partial charge in [-0.25, -0.2) is 4.79 Å². The number of amides is 1. The van der Waals surface area contributed by atoms with Gasteiger partial charge in [-0.15, -0.1) is 11.8 Å². The maximum absolute atomic E-state index is 12.5. The van der Waals surface area contributed by atoms with Crippen molar-refractivity contribution in [1.29, 1.82) is 0 Å². The number of hydrogen-bond acceptors (Lipinski definition) is 6. The Labute approximate surface area is 155 Å². The Bertz CT molecular complexity index is 734. The van der Waals surface area contributed by atoms with Crippen LogP contribution in [0.15, 0.2) is 35.5 Å². The summed E-state index contributed by atoms with van der Waals surface area (Å²) >= 11 is 3.83. The minimum absolute atomic E-state index is 0.00862. The Morgan fingerprint density at radius 2 is 2.12 bits per heavy atom. The molecule has 2 aliphatic rings. The quantitative estimate of drug-likeness (QED) is 0.168. The molecule has 1 amide bonds. The van der Waals surface area contributed by atoms with Crippen LogP contribution >= 0.6 is 34.4 Å². The number of carbonyl (C=O) groups is 2. The van der Waals surface area contributed by atoms with Crippen LogP contribution < -0.4 is 0 Å². The third-order valence-corrected chi connectivity index (χ3v) is 6.00. The van der Waals surface area contributed by atoms with E-state index in [1.807, 2.05) is 0 Å². The summed E-state index contributed by atoms with van der Waals surface area (Å²) in [7, 11) is 0. The van der Waals surface area contributed by atoms with Crippen LogP contribution in [-0.2, 0) is 20.9 Å². The lowest BCUT2D eigenvalue weighted by atomic mass is 10.1. The molecule has 1 fully saturated rings. The first-order valence-electron chi connectivity index (χ1n) is 7.13. The Balaban J connectivity index is 1.70. The van der Waals surface area contributed by atoms with E-state index in [1.54, 1.807) is 23.9 Å². The molecular weight excluding hydrogens is 447 g/mol. The molecule has 1 saturated heterocycles. The number of nitro groups is 1. The van der Waals surface area contributed by atoms with Gasteiger partial charge in [-0.05, 0) is 23.3 Å². The zero-order chi connectivity index (χ0) is 17.3. The third-order valence-electron chi connectivity index (χ3n) is 3.80. The molecule has 2 aliphatic heterocycles. The second kappa shape index (κ2) is 7.09. The van der Waals surface area contributed by atoms with Crippen molar-refractivity contribution >= 4 is 51.9 Å². The molecule has 1 aromatic rings. The molecule has 0 N–H and O–H groups in total. The summed E-state index contributed by atoms with van der Waals surface area (Å²) in [5, 5.41) is 10.7. The Morgan fingerprint density at radius 1 is 1.42 bits per heavy atom. The minimum atomic E-state index is -0.515. The van der Waals surface area contributed by atoms with Gasteiger partial charge in [0.15, 0.2) is 0 Å². The number of hydrogen-bond donors (Lipinski definition) is 0. The number of nitro benzene ring substituents is 1. The molecule has 0 aromatic heterocycles. The molecule has 3 rings (SSSR count). The SMILES string of the molecule is O=C(OCc1ccc([N+](=O)[O-])cc1)C1=C(CI)CS[C@H]2CC(=O)N12. The Hall–Kier alpha value is -1.62. The van der Waals surface area contributed by atoms with Crippen molar-refractivity contribution in [2.75, 3.05) is 10.2 Å². The van der Waals surface area contributed by atoms with Gasteiger partial charge in [0.2, 0.25) is 5.91 Å². The van der Waals surface area contributed by atoms with Crippen LogP contribution in [0.4, 0.5) is 5.69 Å². The molecular formula is C15H13IN2O5S. The number of non-ortho nitro benzene ring substituents is 1. The lowest BCUT2D eigenvalue weighted by Gasteiger charge is -2.44. The molecule has 1 atom stereocenters. The number of alkyl halides is 1. The van der Waals surface area contributed by atoms with E-state index in [9.17, 15) is 19.7 Å². The van der Waals surface area contributed by atoms with Gasteiger partial charge < -0.3 is 4.74 Å². The second-order valence-electron chi connectivity index (χ2n) is 5.32. The van der Waals surface area contributed by atoms with Gasteiger partial charge in [-0.1, -0.05) is 22.6 Å². The molecule has 0 radical (unpaired) electrons. The van der Waals surface area contributed by atoms with Crippen LogP contribution in [0.2, 0.25) is 0 Å². The fourth-order valence-electron chi connectivity index (χ4n) is 2.50. The lowest BCUT2D eigenvalue weighted by molar-refractivity contribution is -0.384. The average Bonchev–Trinajstić information content (AvgIpc) is 2.58. The molecule has 0 spiro atoms. The zero-order valence-corrected chi connectivity index (χ0v) is 15.4. The summed E-state index contributed by atoms with van der Waals surface area (Å²) in [5.41, 5.74) is 1.91. The average molecular weight is 460 g/mol. The first-order chi connectivity index (χ1) is 11.5. The van der Waals surface area contributed by atoms with E-state index in [-0.39, 0.29) is 23.6 Å². The normalized spacial score (nSPS) is 19.6. The van der Waals surface area contributed by atoms with Crippen molar-refractivity contribution in [3.8, 4) is 0 Å². The van der Waals surface area contributed by atoms with Crippen molar-refractivity contribution in [1.82, 2.24) is 4.90 Å². The van der Waals surface area contributed by atoms with Crippen LogP contribution in [-0.4, -0.2) is 37.3 Å². The lowest BCUT2D eigenvalue weighted by Crippen LogP contribution is -2.54. The second-order valence-corrected chi connectivity index (χ2v) is 7.25. The highest BCUT2D eigenvalue weighted by atomic mass is 127. The van der Waals surface area contributed by atoms with Crippen molar-refractivity contribution in [2.45, 2.75) is 18.4 Å². The van der Waals surface area contributed by atoms with Crippen molar-refractivity contribution in [3.63, 3.8) is 0 Å². The monoisotopic (exact) mass is 460 g/mol. The van der Waals surface area contributed by atoms with Crippen LogP contribution in [0.25, 0.3) is 0 Å². The number of thioether (sulfide) groups is 1. The molecule has 7 nitrogen and oxygen atoms in total. The maximum Gasteiger partial charge on any atom is 0.355 e. The largest absolute Gasteiger partial charge is 0.456 e. The van der Waals surface area contributed by atoms with E-state index in [0.29, 0.717) is 22.1 Å². The molecule has 9 heteroatoms. The standard InChI is InChI=1S/C15H13IN2O5S/c16-6-10-8-24-13-5-12(19)17(13)14(10)15(20)23-7-9-1-3-11(4-2-9)18(21)22/h1-4,13H,5-8H2/t13-/m0/s1. The highest BCUT2D eigenvalue weighted by Gasteiger charge is 2.45. The number of halogens is 1. The predicted octanol–water partition coefficient (Wildman–Crippen LogP) is 2.63. The number of esters is 1. The summed E-state index contributed by atoms with van der Waals surface area (Å²) in [6.45, 7) is 0.00862. The Morgan fingerprint density at radius 3 is 2.71 bits per heavy atom. The zero-order valence-electron chi connectivity index (χ0n) is 12.4. The van der Waals surface area contributed by atoms with E-state index in [1.165, 1.54) is 17.0 Å². The summed E-state index contributed by atoms with van der Waals surface area (Å²) in [4.78, 5) is 36.0. The molecule has 0 aliphatic carbocycles. The highest BCUT2D eigenvalue weighted by Crippen LogP contribution is 2.40. The van der Waals surface area contributed by atoms with Gasteiger partial charge in [0.05, 0.1) is 16.7 Å². The predicted molar refractivity (Wildman–Crippen MR) is 96.5 cm³/mol. The van der Waals surface area contributed by atoms with E-state index < -0.39 is 10.9 Å². The number of carbonyl (C=O) groups excluding carboxylic acids is 2. The van der Waals surface area contributed by atoms with E-state index in [2.05, 4.69) is 22.6 Å². The topological polar surface area (TPSA) is 89.7 Å².